The molecule has 0 aliphatic rings. The highest BCUT2D eigenvalue weighted by molar-refractivity contribution is 6.29. The highest BCUT2D eigenvalue weighted by Gasteiger charge is 2.14. The number of hydrogen-bond donors (Lipinski definition) is 0. The number of rotatable bonds is 6. The predicted molar refractivity (Wildman–Crippen MR) is 128 cm³/mol. The summed E-state index contributed by atoms with van der Waals surface area (Å²) >= 11 is 5.90. The molecule has 0 unspecified atom stereocenters. The van der Waals surface area contributed by atoms with E-state index in [1.807, 2.05) is 30.3 Å². The van der Waals surface area contributed by atoms with Gasteiger partial charge in [0.15, 0.2) is 0 Å². The van der Waals surface area contributed by atoms with Crippen molar-refractivity contribution in [1.29, 1.82) is 0 Å². The van der Waals surface area contributed by atoms with Crippen LogP contribution in [0.1, 0.15) is 30.9 Å². The van der Waals surface area contributed by atoms with Gasteiger partial charge in [0, 0.05) is 17.1 Å². The zero-order chi connectivity index (χ0) is 22.7. The van der Waals surface area contributed by atoms with E-state index in [1.165, 1.54) is 5.56 Å². The molecule has 6 heteroatoms. The first-order valence-corrected chi connectivity index (χ1v) is 10.7. The number of terminal acetylenes is 1. The normalized spacial score (nSPS) is 11.0. The Morgan fingerprint density at radius 3 is 2.56 bits per heavy atom. The minimum absolute atomic E-state index is 0.160. The SMILES string of the molecule is C#CCOc1ccc2c(c1)c(-c1ccc(C(C)C)cc1)nc(=O)n2Cc1ccc(Cl)nc1. The van der Waals surface area contributed by atoms with Gasteiger partial charge in [0.2, 0.25) is 0 Å². The maximum atomic E-state index is 13.1. The third kappa shape index (κ3) is 4.51. The third-order valence-electron chi connectivity index (χ3n) is 5.25. The lowest BCUT2D eigenvalue weighted by Crippen LogP contribution is -2.24. The summed E-state index contributed by atoms with van der Waals surface area (Å²) in [5.74, 6) is 3.51. The Kier molecular flexibility index (Phi) is 6.25. The molecule has 0 atom stereocenters. The van der Waals surface area contributed by atoms with Crippen molar-refractivity contribution in [2.24, 2.45) is 0 Å². The molecule has 0 N–H and O–H groups in total. The second kappa shape index (κ2) is 9.25. The van der Waals surface area contributed by atoms with E-state index in [0.717, 1.165) is 22.0 Å². The molecule has 0 bridgehead atoms. The first-order valence-electron chi connectivity index (χ1n) is 10.3. The van der Waals surface area contributed by atoms with Crippen molar-refractivity contribution in [2.45, 2.75) is 26.3 Å². The van der Waals surface area contributed by atoms with E-state index < -0.39 is 0 Å². The Balaban J connectivity index is 1.88. The van der Waals surface area contributed by atoms with Gasteiger partial charge in [-0.15, -0.1) is 6.42 Å². The number of aromatic nitrogens is 3. The summed E-state index contributed by atoms with van der Waals surface area (Å²) in [5, 5.41) is 1.21. The Hall–Kier alpha value is -3.62. The molecule has 32 heavy (non-hydrogen) atoms. The van der Waals surface area contributed by atoms with Crippen molar-refractivity contribution in [2.75, 3.05) is 6.61 Å². The zero-order valence-electron chi connectivity index (χ0n) is 17.9. The summed E-state index contributed by atoms with van der Waals surface area (Å²) in [6.07, 6.45) is 7.00. The van der Waals surface area contributed by atoms with Gasteiger partial charge in [0.25, 0.3) is 0 Å². The zero-order valence-corrected chi connectivity index (χ0v) is 18.6. The van der Waals surface area contributed by atoms with Crippen LogP contribution in [0.4, 0.5) is 0 Å². The number of pyridine rings is 1. The second-order valence-corrected chi connectivity index (χ2v) is 8.15. The van der Waals surface area contributed by atoms with Crippen molar-refractivity contribution in [3.63, 3.8) is 0 Å². The van der Waals surface area contributed by atoms with Gasteiger partial charge in [-0.1, -0.05) is 61.7 Å². The highest BCUT2D eigenvalue weighted by Crippen LogP contribution is 2.30. The average Bonchev–Trinajstić information content (AvgIpc) is 2.80. The van der Waals surface area contributed by atoms with Crippen LogP contribution >= 0.6 is 11.6 Å². The van der Waals surface area contributed by atoms with Crippen LogP contribution in [0.3, 0.4) is 0 Å². The fourth-order valence-electron chi connectivity index (χ4n) is 3.56. The third-order valence-corrected chi connectivity index (χ3v) is 5.48. The number of benzene rings is 2. The summed E-state index contributed by atoms with van der Waals surface area (Å²) in [6.45, 7) is 4.77. The van der Waals surface area contributed by atoms with Crippen LogP contribution in [0, 0.1) is 12.3 Å². The van der Waals surface area contributed by atoms with Crippen molar-refractivity contribution in [1.82, 2.24) is 14.5 Å². The molecule has 2 aromatic heterocycles. The topological polar surface area (TPSA) is 57.0 Å². The van der Waals surface area contributed by atoms with Crippen LogP contribution < -0.4 is 10.4 Å². The van der Waals surface area contributed by atoms with Gasteiger partial charge in [-0.25, -0.2) is 9.78 Å². The van der Waals surface area contributed by atoms with Gasteiger partial charge in [0.1, 0.15) is 17.5 Å². The van der Waals surface area contributed by atoms with Crippen LogP contribution in [0.5, 0.6) is 5.75 Å². The molecular weight excluding hydrogens is 422 g/mol. The highest BCUT2D eigenvalue weighted by atomic mass is 35.5. The van der Waals surface area contributed by atoms with E-state index in [4.69, 9.17) is 22.8 Å². The molecule has 0 saturated heterocycles. The first kappa shape index (κ1) is 21.6. The standard InChI is InChI=1S/C26H22ClN3O2/c1-4-13-32-21-10-11-23-22(14-21)25(20-8-6-19(7-9-20)17(2)3)29-26(31)30(23)16-18-5-12-24(27)28-15-18/h1,5-12,14-15,17H,13,16H2,2-3H3. The summed E-state index contributed by atoms with van der Waals surface area (Å²) in [7, 11) is 0. The van der Waals surface area contributed by atoms with E-state index in [0.29, 0.717) is 29.1 Å². The Bertz CT molecular complexity index is 1350. The van der Waals surface area contributed by atoms with Crippen LogP contribution in [-0.2, 0) is 6.54 Å². The first-order chi connectivity index (χ1) is 15.5. The molecule has 0 aliphatic carbocycles. The monoisotopic (exact) mass is 443 g/mol. The van der Waals surface area contributed by atoms with E-state index in [-0.39, 0.29) is 12.3 Å². The molecule has 0 radical (unpaired) electrons. The Labute approximate surface area is 191 Å². The van der Waals surface area contributed by atoms with E-state index in [1.54, 1.807) is 22.9 Å². The van der Waals surface area contributed by atoms with Crippen LogP contribution in [0.15, 0.2) is 65.6 Å². The fraction of sp³-hybridized carbons (Fsp3) is 0.192. The van der Waals surface area contributed by atoms with Gasteiger partial charge < -0.3 is 4.74 Å². The van der Waals surface area contributed by atoms with Gasteiger partial charge >= 0.3 is 5.69 Å². The number of nitrogens with zero attached hydrogens (tertiary/aromatic N) is 3. The lowest BCUT2D eigenvalue weighted by molar-refractivity contribution is 0.371. The molecule has 5 nitrogen and oxygen atoms in total. The molecular formula is C26H22ClN3O2. The van der Waals surface area contributed by atoms with Crippen molar-refractivity contribution in [3.05, 3.63) is 87.6 Å². The summed E-state index contributed by atoms with van der Waals surface area (Å²) in [6, 6.07) is 17.2. The van der Waals surface area contributed by atoms with Crippen molar-refractivity contribution in [3.8, 4) is 29.4 Å². The van der Waals surface area contributed by atoms with Gasteiger partial charge in [-0.2, -0.15) is 4.98 Å². The summed E-state index contributed by atoms with van der Waals surface area (Å²) in [5.41, 5.74) is 3.95. The van der Waals surface area contributed by atoms with Gasteiger partial charge in [-0.05, 0) is 41.3 Å². The number of halogens is 1. The molecule has 0 spiro atoms. The number of hydrogen-bond acceptors (Lipinski definition) is 4. The van der Waals surface area contributed by atoms with Gasteiger partial charge in [-0.3, -0.25) is 4.57 Å². The maximum Gasteiger partial charge on any atom is 0.348 e. The smallest absolute Gasteiger partial charge is 0.348 e. The summed E-state index contributed by atoms with van der Waals surface area (Å²) in [4.78, 5) is 21.6. The molecule has 0 amide bonds. The molecule has 4 rings (SSSR count). The maximum absolute atomic E-state index is 13.1. The van der Waals surface area contributed by atoms with Gasteiger partial charge in [0.05, 0.1) is 17.8 Å². The minimum atomic E-state index is -0.340. The minimum Gasteiger partial charge on any atom is -0.481 e. The van der Waals surface area contributed by atoms with Crippen molar-refractivity contribution < 1.29 is 4.74 Å². The van der Waals surface area contributed by atoms with Crippen LogP contribution in [0.2, 0.25) is 5.15 Å². The lowest BCUT2D eigenvalue weighted by Gasteiger charge is -2.15. The quantitative estimate of drug-likeness (QED) is 0.300. The molecule has 160 valence electrons. The average molecular weight is 444 g/mol. The summed E-state index contributed by atoms with van der Waals surface area (Å²) < 4.78 is 7.25. The number of fused-ring (bicyclic) bond motifs is 1. The van der Waals surface area contributed by atoms with Crippen LogP contribution in [-0.4, -0.2) is 21.1 Å². The predicted octanol–water partition coefficient (Wildman–Crippen LogP) is 5.30. The fourth-order valence-corrected chi connectivity index (χ4v) is 3.67. The Morgan fingerprint density at radius 1 is 1.12 bits per heavy atom. The number of ether oxygens (including phenoxy) is 1. The van der Waals surface area contributed by atoms with Crippen LogP contribution in [0.25, 0.3) is 22.2 Å². The lowest BCUT2D eigenvalue weighted by atomic mass is 9.99. The molecule has 4 aromatic rings. The molecule has 2 heterocycles. The molecule has 0 fully saturated rings. The van der Waals surface area contributed by atoms with E-state index in [2.05, 4.69) is 41.9 Å². The molecule has 0 saturated carbocycles. The molecule has 0 aliphatic heterocycles. The molecule has 2 aromatic carbocycles. The second-order valence-electron chi connectivity index (χ2n) is 7.77. The van der Waals surface area contributed by atoms with E-state index in [9.17, 15) is 4.79 Å². The largest absolute Gasteiger partial charge is 0.481 e. The van der Waals surface area contributed by atoms with E-state index >= 15 is 0 Å². The van der Waals surface area contributed by atoms with Crippen molar-refractivity contribution >= 4 is 22.5 Å². The Morgan fingerprint density at radius 2 is 1.91 bits per heavy atom.